The van der Waals surface area contributed by atoms with Crippen LogP contribution in [0, 0.1) is 5.92 Å². The summed E-state index contributed by atoms with van der Waals surface area (Å²) in [7, 11) is 0. The molecule has 0 saturated heterocycles. The van der Waals surface area contributed by atoms with E-state index < -0.39 is 0 Å². The van der Waals surface area contributed by atoms with Crippen LogP contribution < -0.4 is 10.5 Å². The summed E-state index contributed by atoms with van der Waals surface area (Å²) < 4.78 is 6.09. The van der Waals surface area contributed by atoms with Crippen LogP contribution in [0.2, 0.25) is 0 Å². The molecule has 3 rings (SSSR count). The molecule has 1 aromatic carbocycles. The molecule has 0 spiro atoms. The third kappa shape index (κ3) is 2.78. The van der Waals surface area contributed by atoms with Gasteiger partial charge in [0.1, 0.15) is 6.10 Å². The maximum atomic E-state index is 6.09. The van der Waals surface area contributed by atoms with Crippen molar-refractivity contribution in [1.29, 1.82) is 0 Å². The zero-order valence-corrected chi connectivity index (χ0v) is 12.0. The summed E-state index contributed by atoms with van der Waals surface area (Å²) in [5.41, 5.74) is 7.93. The minimum Gasteiger partial charge on any atom is -0.474 e. The fraction of sp³-hybridized carbons (Fsp3) is 0.471. The molecule has 20 heavy (non-hydrogen) atoms. The second kappa shape index (κ2) is 5.80. The van der Waals surface area contributed by atoms with Crippen LogP contribution in [0.25, 0.3) is 10.9 Å². The van der Waals surface area contributed by atoms with Crippen LogP contribution in [0.1, 0.15) is 38.2 Å². The van der Waals surface area contributed by atoms with Gasteiger partial charge in [0.15, 0.2) is 0 Å². The van der Waals surface area contributed by atoms with Gasteiger partial charge in [-0.25, -0.2) is 4.98 Å². The number of rotatable bonds is 3. The average Bonchev–Trinajstić information content (AvgIpc) is 2.49. The van der Waals surface area contributed by atoms with Gasteiger partial charge < -0.3 is 10.5 Å². The fourth-order valence-electron chi connectivity index (χ4n) is 2.97. The van der Waals surface area contributed by atoms with Crippen LogP contribution in [0.4, 0.5) is 0 Å². The van der Waals surface area contributed by atoms with Crippen LogP contribution in [0.3, 0.4) is 0 Å². The lowest BCUT2D eigenvalue weighted by Gasteiger charge is -2.26. The van der Waals surface area contributed by atoms with Crippen molar-refractivity contribution in [3.63, 3.8) is 0 Å². The van der Waals surface area contributed by atoms with Gasteiger partial charge in [0, 0.05) is 18.0 Å². The van der Waals surface area contributed by atoms with Gasteiger partial charge in [0.05, 0.1) is 5.52 Å². The molecule has 0 amide bonds. The molecular formula is C17H22N2O. The molecule has 1 aliphatic carbocycles. The van der Waals surface area contributed by atoms with Gasteiger partial charge in [-0.15, -0.1) is 0 Å². The first-order valence-corrected chi connectivity index (χ1v) is 7.51. The Bertz CT molecular complexity index is 589. The van der Waals surface area contributed by atoms with Crippen LogP contribution in [-0.2, 0) is 6.54 Å². The van der Waals surface area contributed by atoms with Crippen molar-refractivity contribution < 1.29 is 4.74 Å². The number of aromatic nitrogens is 1. The number of ether oxygens (including phenoxy) is 1. The molecule has 0 unspecified atom stereocenters. The number of hydrogen-bond acceptors (Lipinski definition) is 3. The molecule has 106 valence electrons. The van der Waals surface area contributed by atoms with E-state index in [9.17, 15) is 0 Å². The van der Waals surface area contributed by atoms with E-state index in [1.54, 1.807) is 0 Å². The van der Waals surface area contributed by atoms with Gasteiger partial charge in [-0.05, 0) is 43.2 Å². The Labute approximate surface area is 120 Å². The smallest absolute Gasteiger partial charge is 0.214 e. The number of fused-ring (bicyclic) bond motifs is 1. The number of benzene rings is 1. The number of para-hydroxylation sites is 1. The van der Waals surface area contributed by atoms with Crippen molar-refractivity contribution in [2.75, 3.05) is 0 Å². The molecule has 3 nitrogen and oxygen atoms in total. The van der Waals surface area contributed by atoms with Crippen molar-refractivity contribution in [2.45, 2.75) is 45.3 Å². The molecule has 0 aliphatic heterocycles. The van der Waals surface area contributed by atoms with Gasteiger partial charge in [-0.2, -0.15) is 0 Å². The summed E-state index contributed by atoms with van der Waals surface area (Å²) >= 11 is 0. The summed E-state index contributed by atoms with van der Waals surface area (Å²) in [5.74, 6) is 1.56. The maximum Gasteiger partial charge on any atom is 0.214 e. The summed E-state index contributed by atoms with van der Waals surface area (Å²) in [6.45, 7) is 2.83. The minimum absolute atomic E-state index is 0.311. The molecule has 0 bridgehead atoms. The van der Waals surface area contributed by atoms with Crippen LogP contribution in [0.15, 0.2) is 30.3 Å². The second-order valence-electron chi connectivity index (χ2n) is 5.84. The Morgan fingerprint density at radius 2 is 1.95 bits per heavy atom. The molecule has 1 aromatic heterocycles. The predicted molar refractivity (Wildman–Crippen MR) is 81.7 cm³/mol. The van der Waals surface area contributed by atoms with Crippen molar-refractivity contribution in [3.8, 4) is 5.88 Å². The molecule has 1 fully saturated rings. The Balaban J connectivity index is 1.84. The third-order valence-electron chi connectivity index (χ3n) is 4.25. The molecule has 1 saturated carbocycles. The van der Waals surface area contributed by atoms with Crippen LogP contribution >= 0.6 is 0 Å². The van der Waals surface area contributed by atoms with Crippen LogP contribution in [0.5, 0.6) is 5.88 Å². The molecule has 0 radical (unpaired) electrons. The van der Waals surface area contributed by atoms with Gasteiger partial charge in [0.2, 0.25) is 5.88 Å². The summed E-state index contributed by atoms with van der Waals surface area (Å²) in [5, 5.41) is 1.12. The SMILES string of the molecule is CC1CCC(Oc2cc(CN)c3ccccc3n2)CC1. The third-order valence-corrected chi connectivity index (χ3v) is 4.25. The lowest BCUT2D eigenvalue weighted by Crippen LogP contribution is -2.23. The highest BCUT2D eigenvalue weighted by Crippen LogP contribution is 2.28. The van der Waals surface area contributed by atoms with Gasteiger partial charge >= 0.3 is 0 Å². The molecular weight excluding hydrogens is 248 g/mol. The van der Waals surface area contributed by atoms with Gasteiger partial charge in [0.25, 0.3) is 0 Å². The van der Waals surface area contributed by atoms with E-state index in [4.69, 9.17) is 10.5 Å². The number of hydrogen-bond donors (Lipinski definition) is 1. The van der Waals surface area contributed by atoms with Crippen LogP contribution in [-0.4, -0.2) is 11.1 Å². The van der Waals surface area contributed by atoms with E-state index in [2.05, 4.69) is 18.0 Å². The van der Waals surface area contributed by atoms with E-state index >= 15 is 0 Å². The highest BCUT2D eigenvalue weighted by Gasteiger charge is 2.20. The zero-order valence-electron chi connectivity index (χ0n) is 12.0. The Morgan fingerprint density at radius 1 is 1.20 bits per heavy atom. The first-order valence-electron chi connectivity index (χ1n) is 7.51. The van der Waals surface area contributed by atoms with E-state index in [1.807, 2.05) is 24.3 Å². The quantitative estimate of drug-likeness (QED) is 0.926. The fourth-order valence-corrected chi connectivity index (χ4v) is 2.97. The van der Waals surface area contributed by atoms with Crippen molar-refractivity contribution in [1.82, 2.24) is 4.98 Å². The van der Waals surface area contributed by atoms with Gasteiger partial charge in [-0.1, -0.05) is 25.1 Å². The van der Waals surface area contributed by atoms with Crippen molar-refractivity contribution in [2.24, 2.45) is 11.7 Å². The highest BCUT2D eigenvalue weighted by atomic mass is 16.5. The number of pyridine rings is 1. The molecule has 1 heterocycles. The van der Waals surface area contributed by atoms with E-state index in [0.29, 0.717) is 12.6 Å². The second-order valence-corrected chi connectivity index (χ2v) is 5.84. The lowest BCUT2D eigenvalue weighted by molar-refractivity contribution is 0.130. The first-order chi connectivity index (χ1) is 9.76. The predicted octanol–water partition coefficient (Wildman–Crippen LogP) is 3.65. The summed E-state index contributed by atoms with van der Waals surface area (Å²) in [6, 6.07) is 10.1. The Kier molecular flexibility index (Phi) is 3.88. The largest absolute Gasteiger partial charge is 0.474 e. The molecule has 3 heteroatoms. The zero-order chi connectivity index (χ0) is 13.9. The molecule has 2 aromatic rings. The van der Waals surface area contributed by atoms with E-state index in [0.717, 1.165) is 41.1 Å². The minimum atomic E-state index is 0.311. The number of nitrogens with two attached hydrogens (primary N) is 1. The first kappa shape index (κ1) is 13.4. The van der Waals surface area contributed by atoms with Crippen molar-refractivity contribution in [3.05, 3.63) is 35.9 Å². The summed E-state index contributed by atoms with van der Waals surface area (Å²) in [4.78, 5) is 4.62. The van der Waals surface area contributed by atoms with Crippen molar-refractivity contribution >= 4 is 10.9 Å². The molecule has 0 atom stereocenters. The average molecular weight is 270 g/mol. The van der Waals surface area contributed by atoms with E-state index in [-0.39, 0.29) is 0 Å². The van der Waals surface area contributed by atoms with Gasteiger partial charge in [-0.3, -0.25) is 0 Å². The Morgan fingerprint density at radius 3 is 2.70 bits per heavy atom. The molecule has 1 aliphatic rings. The Hall–Kier alpha value is -1.61. The maximum absolute atomic E-state index is 6.09. The lowest BCUT2D eigenvalue weighted by atomic mass is 9.89. The highest BCUT2D eigenvalue weighted by molar-refractivity contribution is 5.82. The topological polar surface area (TPSA) is 48.1 Å². The summed E-state index contributed by atoms with van der Waals surface area (Å²) in [6.07, 6.45) is 5.08. The monoisotopic (exact) mass is 270 g/mol. The molecule has 2 N–H and O–H groups in total. The van der Waals surface area contributed by atoms with E-state index in [1.165, 1.54) is 12.8 Å². The number of nitrogens with zero attached hydrogens (tertiary/aromatic N) is 1. The standard InChI is InChI=1S/C17H22N2O/c1-12-6-8-14(9-7-12)20-17-10-13(11-18)15-4-2-3-5-16(15)19-17/h2-5,10,12,14H,6-9,11,18H2,1H3. The normalized spacial score (nSPS) is 22.9.